The van der Waals surface area contributed by atoms with Crippen LogP contribution in [0.5, 0.6) is 0 Å². The molecule has 0 radical (unpaired) electrons. The van der Waals surface area contributed by atoms with Crippen molar-refractivity contribution in [1.29, 1.82) is 0 Å². The van der Waals surface area contributed by atoms with E-state index in [0.717, 1.165) is 4.88 Å². The standard InChI is InChI=1S/C11H9NO3S2/c1-6-5-7(11(14)15)10(17-6)12-9(13)8-3-2-4-16-8/h2-5H,1H3,(H,12,13)(H,14,15). The largest absolute Gasteiger partial charge is 0.478 e. The van der Waals surface area contributed by atoms with Crippen LogP contribution in [0.15, 0.2) is 23.6 Å². The highest BCUT2D eigenvalue weighted by molar-refractivity contribution is 7.17. The molecular formula is C11H9NO3S2. The number of aryl methyl sites for hydroxylation is 1. The Hall–Kier alpha value is -1.66. The molecule has 0 aromatic carbocycles. The number of carbonyl (C=O) groups excluding carboxylic acids is 1. The molecule has 0 fully saturated rings. The van der Waals surface area contributed by atoms with Crippen molar-refractivity contribution in [2.24, 2.45) is 0 Å². The van der Waals surface area contributed by atoms with E-state index in [1.54, 1.807) is 30.5 Å². The first-order valence-corrected chi connectivity index (χ1v) is 6.46. The second kappa shape index (κ2) is 4.68. The van der Waals surface area contributed by atoms with Gasteiger partial charge in [0.25, 0.3) is 5.91 Å². The zero-order chi connectivity index (χ0) is 12.4. The van der Waals surface area contributed by atoms with Crippen molar-refractivity contribution in [3.63, 3.8) is 0 Å². The van der Waals surface area contributed by atoms with E-state index in [0.29, 0.717) is 9.88 Å². The topological polar surface area (TPSA) is 66.4 Å². The summed E-state index contributed by atoms with van der Waals surface area (Å²) in [5, 5.41) is 13.8. The number of carboxylic acid groups (broad SMARTS) is 1. The lowest BCUT2D eigenvalue weighted by Crippen LogP contribution is -2.11. The van der Waals surface area contributed by atoms with Crippen molar-refractivity contribution in [2.45, 2.75) is 6.92 Å². The molecule has 2 aromatic heterocycles. The van der Waals surface area contributed by atoms with Gasteiger partial charge in [0.2, 0.25) is 0 Å². The number of nitrogens with one attached hydrogen (secondary N) is 1. The predicted molar refractivity (Wildman–Crippen MR) is 68.3 cm³/mol. The molecule has 0 saturated carbocycles. The van der Waals surface area contributed by atoms with Gasteiger partial charge in [-0.15, -0.1) is 22.7 Å². The lowest BCUT2D eigenvalue weighted by atomic mass is 10.3. The van der Waals surface area contributed by atoms with Crippen LogP contribution in [0.2, 0.25) is 0 Å². The van der Waals surface area contributed by atoms with E-state index in [4.69, 9.17) is 5.11 Å². The first kappa shape index (κ1) is 11.8. The third kappa shape index (κ3) is 2.54. The summed E-state index contributed by atoms with van der Waals surface area (Å²) in [6, 6.07) is 5.02. The minimum atomic E-state index is -1.03. The van der Waals surface area contributed by atoms with E-state index >= 15 is 0 Å². The molecule has 0 spiro atoms. The maximum atomic E-state index is 11.8. The van der Waals surface area contributed by atoms with E-state index in [-0.39, 0.29) is 11.5 Å². The van der Waals surface area contributed by atoms with E-state index in [2.05, 4.69) is 5.32 Å². The van der Waals surface area contributed by atoms with Gasteiger partial charge in [-0.1, -0.05) is 6.07 Å². The summed E-state index contributed by atoms with van der Waals surface area (Å²) in [5.74, 6) is -1.31. The summed E-state index contributed by atoms with van der Waals surface area (Å²) in [7, 11) is 0. The van der Waals surface area contributed by atoms with Gasteiger partial charge in [0.1, 0.15) is 5.00 Å². The molecule has 2 rings (SSSR count). The zero-order valence-corrected chi connectivity index (χ0v) is 10.5. The van der Waals surface area contributed by atoms with Crippen LogP contribution in [0.25, 0.3) is 0 Å². The minimum absolute atomic E-state index is 0.136. The molecule has 17 heavy (non-hydrogen) atoms. The van der Waals surface area contributed by atoms with Crippen molar-refractivity contribution >= 4 is 39.6 Å². The second-order valence-corrected chi connectivity index (χ2v) is 5.54. The predicted octanol–water partition coefficient (Wildman–Crippen LogP) is 3.07. The van der Waals surface area contributed by atoms with Gasteiger partial charge in [-0.05, 0) is 24.4 Å². The average Bonchev–Trinajstić information content (AvgIpc) is 2.86. The van der Waals surface area contributed by atoms with Crippen molar-refractivity contribution in [3.05, 3.63) is 38.9 Å². The van der Waals surface area contributed by atoms with Crippen molar-refractivity contribution in [2.75, 3.05) is 5.32 Å². The van der Waals surface area contributed by atoms with Gasteiger partial charge < -0.3 is 10.4 Å². The Morgan fingerprint density at radius 3 is 2.76 bits per heavy atom. The molecule has 1 amide bonds. The van der Waals surface area contributed by atoms with Gasteiger partial charge in [-0.25, -0.2) is 4.79 Å². The summed E-state index contributed by atoms with van der Waals surface area (Å²) in [5.41, 5.74) is 0.136. The fourth-order valence-electron chi connectivity index (χ4n) is 1.34. The molecule has 2 N–H and O–H groups in total. The molecule has 0 aliphatic rings. The molecule has 0 aliphatic heterocycles. The Bertz CT molecular complexity index is 557. The number of carboxylic acids is 1. The summed E-state index contributed by atoms with van der Waals surface area (Å²) in [6.45, 7) is 1.80. The van der Waals surface area contributed by atoms with E-state index in [9.17, 15) is 9.59 Å². The SMILES string of the molecule is Cc1cc(C(=O)O)c(NC(=O)c2cccs2)s1. The number of rotatable bonds is 3. The number of amides is 1. The highest BCUT2D eigenvalue weighted by Crippen LogP contribution is 2.28. The number of aromatic carboxylic acids is 1. The van der Waals surface area contributed by atoms with Gasteiger partial charge in [0, 0.05) is 4.88 Å². The van der Waals surface area contributed by atoms with Crippen molar-refractivity contribution < 1.29 is 14.7 Å². The van der Waals surface area contributed by atoms with Crippen LogP contribution < -0.4 is 5.32 Å². The van der Waals surface area contributed by atoms with Crippen LogP contribution in [0.1, 0.15) is 24.9 Å². The first-order chi connectivity index (χ1) is 8.08. The molecule has 0 saturated heterocycles. The van der Waals surface area contributed by atoms with Crippen LogP contribution in [0, 0.1) is 6.92 Å². The molecule has 88 valence electrons. The summed E-state index contributed by atoms with van der Waals surface area (Å²) >= 11 is 2.58. The molecule has 6 heteroatoms. The highest BCUT2D eigenvalue weighted by atomic mass is 32.1. The number of hydrogen-bond donors (Lipinski definition) is 2. The Labute approximate surface area is 106 Å². The van der Waals surface area contributed by atoms with Crippen LogP contribution in [0.3, 0.4) is 0 Å². The second-order valence-electron chi connectivity index (χ2n) is 3.34. The van der Waals surface area contributed by atoms with Gasteiger partial charge >= 0.3 is 5.97 Å². The minimum Gasteiger partial charge on any atom is -0.478 e. The third-order valence-corrected chi connectivity index (χ3v) is 3.89. The summed E-state index contributed by atoms with van der Waals surface area (Å²) in [4.78, 5) is 24.1. The van der Waals surface area contributed by atoms with Gasteiger partial charge in [-0.2, -0.15) is 0 Å². The van der Waals surface area contributed by atoms with Crippen LogP contribution in [-0.2, 0) is 0 Å². The molecular weight excluding hydrogens is 258 g/mol. The van der Waals surface area contributed by atoms with Gasteiger partial charge in [0.15, 0.2) is 0 Å². The Balaban J connectivity index is 2.24. The van der Waals surface area contributed by atoms with E-state index < -0.39 is 5.97 Å². The van der Waals surface area contributed by atoms with Crippen LogP contribution in [0.4, 0.5) is 5.00 Å². The van der Waals surface area contributed by atoms with Gasteiger partial charge in [-0.3, -0.25) is 4.79 Å². The van der Waals surface area contributed by atoms with Crippen LogP contribution in [-0.4, -0.2) is 17.0 Å². The van der Waals surface area contributed by atoms with Gasteiger partial charge in [0.05, 0.1) is 10.4 Å². The number of thiophene rings is 2. The lowest BCUT2D eigenvalue weighted by molar-refractivity contribution is 0.0698. The Kier molecular flexibility index (Phi) is 3.26. The maximum Gasteiger partial charge on any atom is 0.338 e. The zero-order valence-electron chi connectivity index (χ0n) is 8.89. The number of carbonyl (C=O) groups is 2. The average molecular weight is 267 g/mol. The molecule has 0 unspecified atom stereocenters. The number of hydrogen-bond acceptors (Lipinski definition) is 4. The maximum absolute atomic E-state index is 11.8. The first-order valence-electron chi connectivity index (χ1n) is 4.76. The quantitative estimate of drug-likeness (QED) is 0.898. The normalized spacial score (nSPS) is 10.2. The molecule has 2 heterocycles. The molecule has 0 aliphatic carbocycles. The monoisotopic (exact) mass is 267 g/mol. The molecule has 4 nitrogen and oxygen atoms in total. The number of anilines is 1. The third-order valence-electron chi connectivity index (χ3n) is 2.06. The molecule has 0 atom stereocenters. The van der Waals surface area contributed by atoms with Crippen molar-refractivity contribution in [1.82, 2.24) is 0 Å². The fourth-order valence-corrected chi connectivity index (χ4v) is 2.86. The van der Waals surface area contributed by atoms with Crippen LogP contribution >= 0.6 is 22.7 Å². The van der Waals surface area contributed by atoms with Crippen molar-refractivity contribution in [3.8, 4) is 0 Å². The summed E-state index contributed by atoms with van der Waals surface area (Å²) in [6.07, 6.45) is 0. The van der Waals surface area contributed by atoms with E-state index in [1.165, 1.54) is 22.7 Å². The summed E-state index contributed by atoms with van der Waals surface area (Å²) < 4.78 is 0. The Morgan fingerprint density at radius 2 is 2.18 bits per heavy atom. The smallest absolute Gasteiger partial charge is 0.338 e. The lowest BCUT2D eigenvalue weighted by Gasteiger charge is -2.01. The molecule has 2 aromatic rings. The molecule has 0 bridgehead atoms. The highest BCUT2D eigenvalue weighted by Gasteiger charge is 2.16. The van der Waals surface area contributed by atoms with E-state index in [1.807, 2.05) is 0 Å². The fraction of sp³-hybridized carbons (Fsp3) is 0.0909. The Morgan fingerprint density at radius 1 is 1.41 bits per heavy atom.